The monoisotopic (exact) mass is 689 g/mol. The van der Waals surface area contributed by atoms with Crippen LogP contribution in [-0.2, 0) is 19.6 Å². The zero-order valence-corrected chi connectivity index (χ0v) is 27.2. The highest BCUT2D eigenvalue weighted by atomic mass is 35.5. The van der Waals surface area contributed by atoms with Crippen LogP contribution in [0.3, 0.4) is 0 Å². The van der Waals surface area contributed by atoms with Crippen LogP contribution in [-0.4, -0.2) is 32.3 Å². The molecule has 0 spiro atoms. The number of anilines is 1. The van der Waals surface area contributed by atoms with Crippen molar-refractivity contribution in [1.82, 2.24) is 19.5 Å². The fourth-order valence-electron chi connectivity index (χ4n) is 5.52. The number of nitrogens with zero attached hydrogens (tertiary/aromatic N) is 3. The van der Waals surface area contributed by atoms with Crippen molar-refractivity contribution in [3.63, 3.8) is 0 Å². The average Bonchev–Trinajstić information content (AvgIpc) is 3.44. The maximum Gasteiger partial charge on any atom is 0.342 e. The van der Waals surface area contributed by atoms with Crippen LogP contribution in [0.25, 0.3) is 26.3 Å². The van der Waals surface area contributed by atoms with Gasteiger partial charge in [0, 0.05) is 29.2 Å². The van der Waals surface area contributed by atoms with Gasteiger partial charge in [-0.25, -0.2) is 28.4 Å². The van der Waals surface area contributed by atoms with Crippen LogP contribution in [0.15, 0.2) is 113 Å². The van der Waals surface area contributed by atoms with Crippen LogP contribution in [0.4, 0.5) is 19.3 Å². The summed E-state index contributed by atoms with van der Waals surface area (Å²) in [5, 5.41) is 11.6. The number of aromatic nitrogens is 2. The van der Waals surface area contributed by atoms with E-state index in [-0.39, 0.29) is 28.2 Å². The number of carbonyl (C=O) groups is 1. The molecule has 0 aliphatic carbocycles. The molecule has 6 rings (SSSR count). The molecule has 0 aliphatic rings. The van der Waals surface area contributed by atoms with Gasteiger partial charge in [0.25, 0.3) is 5.56 Å². The lowest BCUT2D eigenvalue weighted by Crippen LogP contribution is -2.39. The first-order chi connectivity index (χ1) is 22.7. The summed E-state index contributed by atoms with van der Waals surface area (Å²) in [7, 11) is 1.92. The molecule has 2 aromatic heterocycles. The molecule has 246 valence electrons. The van der Waals surface area contributed by atoms with Gasteiger partial charge in [-0.05, 0) is 60.1 Å². The molecule has 4 aromatic carbocycles. The minimum atomic E-state index is -0.811. The summed E-state index contributed by atoms with van der Waals surface area (Å²) in [6.07, 6.45) is 0. The van der Waals surface area contributed by atoms with Crippen molar-refractivity contribution in [3.8, 4) is 16.1 Å². The van der Waals surface area contributed by atoms with E-state index in [9.17, 15) is 23.2 Å². The topological polar surface area (TPSA) is 109 Å². The standard InChI is InChI=1S/C35H29F2N5O4S.ClH/c1-40(19-22-9-4-2-5-10-22)20-27-30-32(43)42(25-11-6-3-7-12-25)35(45)41(21-26-28(36)13-8-14-29(26)37)33(30)47-31(27)23-15-17-24(18-16-23)38-34(44)39-46;/h2-18,46H,19-21H2,1H3,(H2,38,39,44);1H. The normalized spacial score (nSPS) is 11.0. The van der Waals surface area contributed by atoms with E-state index in [2.05, 4.69) is 5.32 Å². The van der Waals surface area contributed by atoms with Gasteiger partial charge in [-0.1, -0.05) is 66.7 Å². The zero-order valence-electron chi connectivity index (χ0n) is 25.5. The first-order valence-electron chi connectivity index (χ1n) is 14.6. The number of nitrogens with one attached hydrogen (secondary N) is 2. The number of benzene rings is 4. The van der Waals surface area contributed by atoms with Gasteiger partial charge in [0.05, 0.1) is 17.6 Å². The van der Waals surface area contributed by atoms with E-state index in [4.69, 9.17) is 5.21 Å². The number of hydroxylamine groups is 1. The molecule has 0 unspecified atom stereocenters. The number of halogens is 3. The Morgan fingerprint density at radius 3 is 2.08 bits per heavy atom. The van der Waals surface area contributed by atoms with E-state index >= 15 is 0 Å². The number of fused-ring (bicyclic) bond motifs is 1. The summed E-state index contributed by atoms with van der Waals surface area (Å²) >= 11 is 1.18. The molecule has 0 saturated heterocycles. The van der Waals surface area contributed by atoms with Crippen LogP contribution >= 0.6 is 23.7 Å². The van der Waals surface area contributed by atoms with Gasteiger partial charge in [0.15, 0.2) is 0 Å². The van der Waals surface area contributed by atoms with Crippen molar-refractivity contribution >= 4 is 45.7 Å². The van der Waals surface area contributed by atoms with E-state index in [0.717, 1.165) is 22.3 Å². The fourth-order valence-corrected chi connectivity index (χ4v) is 6.83. The Balaban J connectivity index is 0.00000451. The number of thiophene rings is 1. The Hall–Kier alpha value is -5.14. The van der Waals surface area contributed by atoms with Gasteiger partial charge in [-0.3, -0.25) is 19.5 Å². The summed E-state index contributed by atoms with van der Waals surface area (Å²) in [6, 6.07) is 27.7. The lowest BCUT2D eigenvalue weighted by atomic mass is 10.1. The number of amides is 2. The van der Waals surface area contributed by atoms with Crippen LogP contribution < -0.4 is 22.0 Å². The van der Waals surface area contributed by atoms with Crippen LogP contribution in [0.1, 0.15) is 16.7 Å². The fraction of sp³-hybridized carbons (Fsp3) is 0.114. The summed E-state index contributed by atoms with van der Waals surface area (Å²) in [5.41, 5.74) is 3.03. The molecular formula is C35H30ClF2N5O4S. The molecule has 0 radical (unpaired) electrons. The molecule has 0 atom stereocenters. The van der Waals surface area contributed by atoms with Gasteiger partial charge in [0.2, 0.25) is 0 Å². The van der Waals surface area contributed by atoms with E-state index in [0.29, 0.717) is 40.5 Å². The van der Waals surface area contributed by atoms with Crippen molar-refractivity contribution < 1.29 is 18.8 Å². The maximum atomic E-state index is 15.0. The Labute approximate surface area is 283 Å². The van der Waals surface area contributed by atoms with Crippen LogP contribution in [0.5, 0.6) is 0 Å². The number of carbonyl (C=O) groups excluding carboxylic acids is 1. The number of hydrogen-bond donors (Lipinski definition) is 3. The molecule has 6 aromatic rings. The molecule has 9 nitrogen and oxygen atoms in total. The van der Waals surface area contributed by atoms with Crippen molar-refractivity contribution in [1.29, 1.82) is 0 Å². The Morgan fingerprint density at radius 2 is 1.46 bits per heavy atom. The van der Waals surface area contributed by atoms with Crippen molar-refractivity contribution in [2.24, 2.45) is 0 Å². The van der Waals surface area contributed by atoms with Gasteiger partial charge in [-0.2, -0.15) is 0 Å². The third-order valence-corrected chi connectivity index (χ3v) is 9.00. The van der Waals surface area contributed by atoms with E-state index in [1.54, 1.807) is 54.6 Å². The molecule has 0 aliphatic heterocycles. The number of rotatable bonds is 9. The quantitative estimate of drug-likeness (QED) is 0.115. The van der Waals surface area contributed by atoms with Crippen molar-refractivity contribution in [3.05, 3.63) is 152 Å². The summed E-state index contributed by atoms with van der Waals surface area (Å²) in [5.74, 6) is -1.62. The SMILES string of the molecule is CN(Cc1ccccc1)Cc1c(-c2ccc(NC(=O)NO)cc2)sc2c1c(=O)n(-c1ccccc1)c(=O)n2Cc1c(F)cccc1F.Cl. The van der Waals surface area contributed by atoms with Gasteiger partial charge < -0.3 is 5.32 Å². The van der Waals surface area contributed by atoms with Gasteiger partial charge >= 0.3 is 11.7 Å². The summed E-state index contributed by atoms with van der Waals surface area (Å²) < 4.78 is 32.2. The highest BCUT2D eigenvalue weighted by Crippen LogP contribution is 2.38. The Kier molecular flexibility index (Phi) is 10.5. The third kappa shape index (κ3) is 6.92. The number of urea groups is 1. The highest BCUT2D eigenvalue weighted by molar-refractivity contribution is 7.22. The average molecular weight is 690 g/mol. The maximum absolute atomic E-state index is 15.0. The van der Waals surface area contributed by atoms with Crippen molar-refractivity contribution in [2.45, 2.75) is 19.6 Å². The van der Waals surface area contributed by atoms with Crippen molar-refractivity contribution in [2.75, 3.05) is 12.4 Å². The number of para-hydroxylation sites is 1. The third-order valence-electron chi connectivity index (χ3n) is 7.69. The smallest absolute Gasteiger partial charge is 0.306 e. The molecule has 2 amide bonds. The first-order valence-corrected chi connectivity index (χ1v) is 15.4. The highest BCUT2D eigenvalue weighted by Gasteiger charge is 2.25. The summed E-state index contributed by atoms with van der Waals surface area (Å²) in [4.78, 5) is 43.2. The van der Waals surface area contributed by atoms with E-state index in [1.165, 1.54) is 27.5 Å². The van der Waals surface area contributed by atoms with E-state index in [1.807, 2.05) is 42.3 Å². The minimum Gasteiger partial charge on any atom is -0.306 e. The largest absolute Gasteiger partial charge is 0.342 e. The minimum absolute atomic E-state index is 0. The molecular weight excluding hydrogens is 660 g/mol. The number of hydrogen-bond acceptors (Lipinski definition) is 6. The second-order valence-corrected chi connectivity index (χ2v) is 11.9. The molecule has 0 saturated carbocycles. The van der Waals surface area contributed by atoms with Crippen LogP contribution in [0.2, 0.25) is 0 Å². The molecule has 0 bridgehead atoms. The predicted octanol–water partition coefficient (Wildman–Crippen LogP) is 6.77. The summed E-state index contributed by atoms with van der Waals surface area (Å²) in [6.45, 7) is 0.413. The zero-order chi connectivity index (χ0) is 33.1. The van der Waals surface area contributed by atoms with Crippen LogP contribution in [0, 0.1) is 11.6 Å². The molecule has 2 heterocycles. The lowest BCUT2D eigenvalue weighted by Gasteiger charge is -2.18. The van der Waals surface area contributed by atoms with Gasteiger partial charge in [-0.15, -0.1) is 23.7 Å². The Morgan fingerprint density at radius 1 is 0.833 bits per heavy atom. The molecule has 0 fully saturated rings. The molecule has 13 heteroatoms. The van der Waals surface area contributed by atoms with Gasteiger partial charge in [0.1, 0.15) is 16.5 Å². The molecule has 48 heavy (non-hydrogen) atoms. The Bertz CT molecular complexity index is 2170. The lowest BCUT2D eigenvalue weighted by molar-refractivity contribution is 0.172. The first kappa shape index (κ1) is 34.2. The molecule has 3 N–H and O–H groups in total. The second-order valence-electron chi connectivity index (χ2n) is 10.9. The second kappa shape index (κ2) is 14.7. The predicted molar refractivity (Wildman–Crippen MR) is 185 cm³/mol. The van der Waals surface area contributed by atoms with E-state index < -0.39 is 35.5 Å².